The van der Waals surface area contributed by atoms with Gasteiger partial charge in [0.2, 0.25) is 0 Å². The minimum atomic E-state index is -3.83. The minimum Gasteiger partial charge on any atom is -0.257 e. The predicted octanol–water partition coefficient (Wildman–Crippen LogP) is 2.79. The molecule has 4 nitrogen and oxygen atoms in total. The molecule has 1 aromatic carbocycles. The first-order chi connectivity index (χ1) is 8.30. The monoisotopic (exact) mass is 304 g/mol. The third-order valence-corrected chi connectivity index (χ3v) is 4.41. The van der Waals surface area contributed by atoms with Crippen LogP contribution in [0.3, 0.4) is 0 Å². The van der Waals surface area contributed by atoms with Gasteiger partial charge < -0.3 is 0 Å². The van der Waals surface area contributed by atoms with Gasteiger partial charge in [-0.2, -0.15) is 5.26 Å². The molecule has 0 bridgehead atoms. The standard InChI is InChI=1S/C11H10Cl2N2O2S/c1-8-3-5-9(6-4-8)18(16,17)15(2)10(7-14)11(12)13/h3-6H,1-2H3. The Morgan fingerprint density at radius 3 is 2.17 bits per heavy atom. The van der Waals surface area contributed by atoms with E-state index >= 15 is 0 Å². The number of sulfonamides is 1. The smallest absolute Gasteiger partial charge is 0.257 e. The van der Waals surface area contributed by atoms with Gasteiger partial charge in [0.25, 0.3) is 10.0 Å². The summed E-state index contributed by atoms with van der Waals surface area (Å²) in [6.45, 7) is 1.84. The summed E-state index contributed by atoms with van der Waals surface area (Å²) in [5, 5.41) is 8.84. The fourth-order valence-corrected chi connectivity index (χ4v) is 2.83. The van der Waals surface area contributed by atoms with Gasteiger partial charge >= 0.3 is 0 Å². The van der Waals surface area contributed by atoms with E-state index in [1.165, 1.54) is 19.2 Å². The number of benzene rings is 1. The van der Waals surface area contributed by atoms with E-state index in [1.807, 2.05) is 6.92 Å². The Morgan fingerprint density at radius 2 is 1.78 bits per heavy atom. The molecule has 0 N–H and O–H groups in total. The number of hydrogen-bond acceptors (Lipinski definition) is 3. The van der Waals surface area contributed by atoms with Gasteiger partial charge in [-0.3, -0.25) is 4.31 Å². The van der Waals surface area contributed by atoms with E-state index in [2.05, 4.69) is 0 Å². The van der Waals surface area contributed by atoms with Crippen molar-refractivity contribution in [1.29, 1.82) is 5.26 Å². The molecule has 0 aromatic heterocycles. The molecule has 0 spiro atoms. The van der Waals surface area contributed by atoms with Crippen molar-refractivity contribution in [2.45, 2.75) is 11.8 Å². The second-order valence-electron chi connectivity index (χ2n) is 3.51. The molecule has 0 radical (unpaired) electrons. The van der Waals surface area contributed by atoms with E-state index < -0.39 is 14.5 Å². The largest absolute Gasteiger partial charge is 0.264 e. The van der Waals surface area contributed by atoms with Crippen LogP contribution in [0.1, 0.15) is 5.56 Å². The van der Waals surface area contributed by atoms with E-state index in [0.717, 1.165) is 9.87 Å². The first-order valence-electron chi connectivity index (χ1n) is 4.81. The van der Waals surface area contributed by atoms with Crippen molar-refractivity contribution < 1.29 is 8.42 Å². The van der Waals surface area contributed by atoms with Crippen molar-refractivity contribution in [3.63, 3.8) is 0 Å². The molecule has 1 aromatic rings. The molecule has 0 heterocycles. The second kappa shape index (κ2) is 5.61. The summed E-state index contributed by atoms with van der Waals surface area (Å²) >= 11 is 10.9. The Hall–Kier alpha value is -1.22. The molecule has 0 aliphatic carbocycles. The molecular formula is C11H10Cl2N2O2S. The highest BCUT2D eigenvalue weighted by Gasteiger charge is 2.24. The fraction of sp³-hybridized carbons (Fsp3) is 0.182. The number of hydrogen-bond donors (Lipinski definition) is 0. The van der Waals surface area contributed by atoms with Gasteiger partial charge in [0.05, 0.1) is 4.90 Å². The van der Waals surface area contributed by atoms with Gasteiger partial charge in [0, 0.05) is 7.05 Å². The average Bonchev–Trinajstić information content (AvgIpc) is 2.29. The maximum Gasteiger partial charge on any atom is 0.264 e. The predicted molar refractivity (Wildman–Crippen MR) is 70.5 cm³/mol. The quantitative estimate of drug-likeness (QED) is 0.807. The Balaban J connectivity index is 3.28. The number of aryl methyl sites for hydroxylation is 1. The van der Waals surface area contributed by atoms with Crippen LogP contribution in [0.2, 0.25) is 0 Å². The van der Waals surface area contributed by atoms with Gasteiger partial charge in [-0.25, -0.2) is 8.42 Å². The fourth-order valence-electron chi connectivity index (χ4n) is 1.22. The van der Waals surface area contributed by atoms with Crippen molar-refractivity contribution >= 4 is 33.2 Å². The van der Waals surface area contributed by atoms with Crippen LogP contribution in [0, 0.1) is 18.3 Å². The van der Waals surface area contributed by atoms with E-state index in [9.17, 15) is 8.42 Å². The van der Waals surface area contributed by atoms with Crippen LogP contribution >= 0.6 is 23.2 Å². The lowest BCUT2D eigenvalue weighted by Gasteiger charge is -2.18. The summed E-state index contributed by atoms with van der Waals surface area (Å²) in [6.07, 6.45) is 0. The Labute approximate surface area is 116 Å². The van der Waals surface area contributed by atoms with Gasteiger partial charge in [0.1, 0.15) is 10.6 Å². The normalized spacial score (nSPS) is 10.6. The SMILES string of the molecule is Cc1ccc(S(=O)(=O)N(C)C(C#N)=C(Cl)Cl)cc1. The molecule has 0 atom stereocenters. The number of nitrogens with zero attached hydrogens (tertiary/aromatic N) is 2. The van der Waals surface area contributed by atoms with Crippen molar-refractivity contribution in [2.24, 2.45) is 0 Å². The van der Waals surface area contributed by atoms with Gasteiger partial charge in [-0.15, -0.1) is 0 Å². The summed E-state index contributed by atoms with van der Waals surface area (Å²) < 4.78 is 24.7. The zero-order chi connectivity index (χ0) is 13.9. The molecule has 0 saturated heterocycles. The van der Waals surface area contributed by atoms with Crippen molar-refractivity contribution in [1.82, 2.24) is 4.31 Å². The molecule has 0 saturated carbocycles. The minimum absolute atomic E-state index is 0.0675. The maximum atomic E-state index is 12.2. The first kappa shape index (κ1) is 14.8. The third-order valence-electron chi connectivity index (χ3n) is 2.28. The number of nitriles is 1. The lowest BCUT2D eigenvalue weighted by atomic mass is 10.2. The zero-order valence-corrected chi connectivity index (χ0v) is 12.0. The maximum absolute atomic E-state index is 12.2. The second-order valence-corrected chi connectivity index (χ2v) is 6.43. The van der Waals surface area contributed by atoms with Crippen LogP contribution < -0.4 is 0 Å². The first-order valence-corrected chi connectivity index (χ1v) is 7.01. The van der Waals surface area contributed by atoms with Gasteiger partial charge in [-0.05, 0) is 19.1 Å². The Bertz CT molecular complexity index is 611. The van der Waals surface area contributed by atoms with Crippen molar-refractivity contribution in [3.8, 4) is 6.07 Å². The lowest BCUT2D eigenvalue weighted by molar-refractivity contribution is 0.530. The number of halogens is 2. The molecular weight excluding hydrogens is 295 g/mol. The van der Waals surface area contributed by atoms with Gasteiger partial charge in [0.15, 0.2) is 5.70 Å². The summed E-state index contributed by atoms with van der Waals surface area (Å²) in [6, 6.07) is 7.90. The molecule has 0 fully saturated rings. The summed E-state index contributed by atoms with van der Waals surface area (Å²) in [5.74, 6) is 0. The van der Waals surface area contributed by atoms with Crippen molar-refractivity contribution in [3.05, 3.63) is 40.0 Å². The topological polar surface area (TPSA) is 61.2 Å². The Morgan fingerprint density at radius 1 is 1.28 bits per heavy atom. The Kier molecular flexibility index (Phi) is 4.63. The highest BCUT2D eigenvalue weighted by molar-refractivity contribution is 7.89. The molecule has 96 valence electrons. The van der Waals surface area contributed by atoms with E-state index in [-0.39, 0.29) is 10.6 Å². The van der Waals surface area contributed by atoms with Gasteiger partial charge in [-0.1, -0.05) is 40.9 Å². The molecule has 0 unspecified atom stereocenters. The van der Waals surface area contributed by atoms with Crippen LogP contribution in [0.15, 0.2) is 39.3 Å². The van der Waals surface area contributed by atoms with E-state index in [1.54, 1.807) is 18.2 Å². The molecule has 7 heteroatoms. The van der Waals surface area contributed by atoms with Crippen molar-refractivity contribution in [2.75, 3.05) is 7.05 Å². The number of rotatable bonds is 3. The van der Waals surface area contributed by atoms with E-state index in [4.69, 9.17) is 28.5 Å². The average molecular weight is 305 g/mol. The summed E-state index contributed by atoms with van der Waals surface area (Å²) in [4.78, 5) is 0.0675. The zero-order valence-electron chi connectivity index (χ0n) is 9.68. The van der Waals surface area contributed by atoms with Crippen LogP contribution in [0.5, 0.6) is 0 Å². The molecule has 0 aliphatic rings. The van der Waals surface area contributed by atoms with E-state index in [0.29, 0.717) is 0 Å². The third kappa shape index (κ3) is 2.96. The molecule has 18 heavy (non-hydrogen) atoms. The lowest BCUT2D eigenvalue weighted by Crippen LogP contribution is -2.26. The number of allylic oxidation sites excluding steroid dienone is 1. The molecule has 1 rings (SSSR count). The van der Waals surface area contributed by atoms with Crippen LogP contribution in [-0.2, 0) is 10.0 Å². The summed E-state index contributed by atoms with van der Waals surface area (Å²) in [5.41, 5.74) is 0.613. The molecule has 0 aliphatic heterocycles. The van der Waals surface area contributed by atoms with Crippen LogP contribution in [0.25, 0.3) is 0 Å². The van der Waals surface area contributed by atoms with Crippen LogP contribution in [0.4, 0.5) is 0 Å². The van der Waals surface area contributed by atoms with Crippen LogP contribution in [-0.4, -0.2) is 19.8 Å². The highest BCUT2D eigenvalue weighted by atomic mass is 35.5. The summed E-state index contributed by atoms with van der Waals surface area (Å²) in [7, 11) is -2.61. The molecule has 0 amide bonds. The highest BCUT2D eigenvalue weighted by Crippen LogP contribution is 2.23.